The molecule has 0 atom stereocenters. The van der Waals surface area contributed by atoms with Crippen molar-refractivity contribution in [1.82, 2.24) is 4.90 Å². The first-order valence-electron chi connectivity index (χ1n) is 6.00. The van der Waals surface area contributed by atoms with Gasteiger partial charge in [-0.25, -0.2) is 4.39 Å². The van der Waals surface area contributed by atoms with Gasteiger partial charge in [0.1, 0.15) is 5.02 Å². The van der Waals surface area contributed by atoms with Crippen molar-refractivity contribution < 1.29 is 4.39 Å². The monoisotopic (exact) mass is 274 g/mol. The van der Waals surface area contributed by atoms with Crippen molar-refractivity contribution in [2.75, 3.05) is 43.0 Å². The van der Waals surface area contributed by atoms with Crippen LogP contribution in [0.5, 0.6) is 0 Å². The molecule has 0 unspecified atom stereocenters. The normalized spacial score (nSPS) is 10.9. The molecule has 1 aromatic rings. The molecule has 1 rings (SSSR count). The number of nitrogens with two attached hydrogens (primary N) is 2. The highest BCUT2D eigenvalue weighted by Crippen LogP contribution is 2.33. The van der Waals surface area contributed by atoms with Gasteiger partial charge in [-0.05, 0) is 19.2 Å². The number of hydrogen-bond donors (Lipinski definition) is 3. The third kappa shape index (κ3) is 3.40. The molecule has 18 heavy (non-hydrogen) atoms. The van der Waals surface area contributed by atoms with E-state index in [0.717, 1.165) is 19.6 Å². The van der Waals surface area contributed by atoms with Crippen molar-refractivity contribution in [3.63, 3.8) is 0 Å². The van der Waals surface area contributed by atoms with E-state index in [1.54, 1.807) is 0 Å². The van der Waals surface area contributed by atoms with Gasteiger partial charge in [-0.15, -0.1) is 0 Å². The molecule has 5 N–H and O–H groups in total. The first-order valence-corrected chi connectivity index (χ1v) is 6.38. The van der Waals surface area contributed by atoms with E-state index in [0.29, 0.717) is 6.54 Å². The van der Waals surface area contributed by atoms with Crippen LogP contribution in [-0.4, -0.2) is 31.1 Å². The van der Waals surface area contributed by atoms with E-state index in [2.05, 4.69) is 24.1 Å². The lowest BCUT2D eigenvalue weighted by atomic mass is 10.2. The van der Waals surface area contributed by atoms with Gasteiger partial charge in [0, 0.05) is 13.1 Å². The zero-order chi connectivity index (χ0) is 13.7. The van der Waals surface area contributed by atoms with Gasteiger partial charge in [0.2, 0.25) is 0 Å². The lowest BCUT2D eigenvalue weighted by Crippen LogP contribution is -2.29. The average Bonchev–Trinajstić information content (AvgIpc) is 2.35. The van der Waals surface area contributed by atoms with Crippen molar-refractivity contribution in [2.45, 2.75) is 13.8 Å². The molecule has 0 amide bonds. The van der Waals surface area contributed by atoms with Crippen molar-refractivity contribution in [3.8, 4) is 0 Å². The number of benzene rings is 1. The summed E-state index contributed by atoms with van der Waals surface area (Å²) >= 11 is 5.74. The molecular formula is C12H20ClFN4. The fraction of sp³-hybridized carbons (Fsp3) is 0.500. The maximum absolute atomic E-state index is 13.8. The van der Waals surface area contributed by atoms with Gasteiger partial charge >= 0.3 is 0 Å². The molecule has 102 valence electrons. The van der Waals surface area contributed by atoms with E-state index in [-0.39, 0.29) is 22.1 Å². The van der Waals surface area contributed by atoms with Gasteiger partial charge in [-0.1, -0.05) is 25.4 Å². The summed E-state index contributed by atoms with van der Waals surface area (Å²) in [7, 11) is 0. The van der Waals surface area contributed by atoms with Gasteiger partial charge in [-0.2, -0.15) is 0 Å². The van der Waals surface area contributed by atoms with Gasteiger partial charge < -0.3 is 21.7 Å². The third-order valence-electron chi connectivity index (χ3n) is 2.89. The molecule has 0 heterocycles. The molecule has 0 saturated carbocycles. The van der Waals surface area contributed by atoms with E-state index < -0.39 is 5.82 Å². The molecule has 0 aliphatic carbocycles. The van der Waals surface area contributed by atoms with E-state index in [1.165, 1.54) is 6.07 Å². The number of nitrogens with one attached hydrogen (secondary N) is 1. The largest absolute Gasteiger partial charge is 0.397 e. The summed E-state index contributed by atoms with van der Waals surface area (Å²) in [5, 5.41) is 2.88. The number of rotatable bonds is 6. The number of hydrogen-bond acceptors (Lipinski definition) is 4. The number of nitrogen functional groups attached to an aromatic ring is 2. The molecule has 0 aliphatic rings. The molecule has 0 aliphatic heterocycles. The number of halogens is 2. The number of nitrogens with zero attached hydrogens (tertiary/aromatic N) is 1. The second-order valence-corrected chi connectivity index (χ2v) is 4.39. The van der Waals surface area contributed by atoms with Crippen LogP contribution in [0.3, 0.4) is 0 Å². The van der Waals surface area contributed by atoms with Crippen LogP contribution < -0.4 is 16.8 Å². The van der Waals surface area contributed by atoms with E-state index >= 15 is 0 Å². The van der Waals surface area contributed by atoms with Crippen LogP contribution in [0.1, 0.15) is 13.8 Å². The summed E-state index contributed by atoms with van der Waals surface area (Å²) in [4.78, 5) is 2.22. The average molecular weight is 275 g/mol. The van der Waals surface area contributed by atoms with E-state index in [1.807, 2.05) is 0 Å². The summed E-state index contributed by atoms with van der Waals surface area (Å²) in [6.07, 6.45) is 0. The predicted octanol–water partition coefficient (Wildman–Crippen LogP) is 2.40. The van der Waals surface area contributed by atoms with Crippen molar-refractivity contribution in [2.24, 2.45) is 0 Å². The van der Waals surface area contributed by atoms with Crippen LogP contribution in [0.15, 0.2) is 6.07 Å². The Kier molecular flexibility index (Phi) is 5.50. The molecule has 0 aromatic heterocycles. The summed E-state index contributed by atoms with van der Waals surface area (Å²) in [5.74, 6) is -0.589. The highest BCUT2D eigenvalue weighted by atomic mass is 35.5. The highest BCUT2D eigenvalue weighted by Gasteiger charge is 2.13. The SMILES string of the molecule is CCN(CC)CCNc1c(N)cc(N)c(Cl)c1F. The minimum absolute atomic E-state index is 0.0884. The molecule has 4 nitrogen and oxygen atoms in total. The van der Waals surface area contributed by atoms with Crippen molar-refractivity contribution in [3.05, 3.63) is 16.9 Å². The van der Waals surface area contributed by atoms with Gasteiger partial charge in [0.25, 0.3) is 0 Å². The third-order valence-corrected chi connectivity index (χ3v) is 3.27. The Bertz CT molecular complexity index is 408. The summed E-state index contributed by atoms with van der Waals surface area (Å²) in [6, 6.07) is 1.46. The van der Waals surface area contributed by atoms with Gasteiger partial charge in [0.05, 0.1) is 17.1 Å². The lowest BCUT2D eigenvalue weighted by Gasteiger charge is -2.19. The predicted molar refractivity (Wildman–Crippen MR) is 76.5 cm³/mol. The van der Waals surface area contributed by atoms with Crippen LogP contribution in [0.2, 0.25) is 5.02 Å². The van der Waals surface area contributed by atoms with Crippen LogP contribution in [-0.2, 0) is 0 Å². The molecule has 0 spiro atoms. The summed E-state index contributed by atoms with van der Waals surface area (Å²) < 4.78 is 13.8. The molecule has 0 fully saturated rings. The number of likely N-dealkylation sites (N-methyl/N-ethyl adjacent to an activating group) is 1. The smallest absolute Gasteiger partial charge is 0.169 e. The zero-order valence-electron chi connectivity index (χ0n) is 10.8. The Hall–Kier alpha value is -1.20. The maximum Gasteiger partial charge on any atom is 0.169 e. The van der Waals surface area contributed by atoms with Crippen molar-refractivity contribution >= 4 is 28.7 Å². The van der Waals surface area contributed by atoms with Crippen LogP contribution in [0, 0.1) is 5.82 Å². The maximum atomic E-state index is 13.8. The Morgan fingerprint density at radius 1 is 1.28 bits per heavy atom. The second-order valence-electron chi connectivity index (χ2n) is 4.01. The minimum Gasteiger partial charge on any atom is -0.397 e. The lowest BCUT2D eigenvalue weighted by molar-refractivity contribution is 0.316. The highest BCUT2D eigenvalue weighted by molar-refractivity contribution is 6.33. The Balaban J connectivity index is 2.71. The Labute approximate surface area is 112 Å². The van der Waals surface area contributed by atoms with Crippen LogP contribution in [0.25, 0.3) is 0 Å². The van der Waals surface area contributed by atoms with Crippen LogP contribution in [0.4, 0.5) is 21.5 Å². The topological polar surface area (TPSA) is 67.3 Å². The van der Waals surface area contributed by atoms with Gasteiger partial charge in [-0.3, -0.25) is 0 Å². The Morgan fingerprint density at radius 2 is 1.89 bits per heavy atom. The summed E-state index contributed by atoms with van der Waals surface area (Å²) in [6.45, 7) is 7.49. The minimum atomic E-state index is -0.589. The molecule has 6 heteroatoms. The fourth-order valence-corrected chi connectivity index (χ4v) is 1.87. The zero-order valence-corrected chi connectivity index (χ0v) is 11.5. The molecule has 0 bridgehead atoms. The molecule has 0 radical (unpaired) electrons. The van der Waals surface area contributed by atoms with Crippen LogP contribution >= 0.6 is 11.6 Å². The van der Waals surface area contributed by atoms with Crippen molar-refractivity contribution in [1.29, 1.82) is 0 Å². The number of anilines is 3. The van der Waals surface area contributed by atoms with E-state index in [9.17, 15) is 4.39 Å². The standard InChI is InChI=1S/C12H20ClFN4/c1-3-18(4-2)6-5-17-12-9(16)7-8(15)10(13)11(12)14/h7,17H,3-6,15-16H2,1-2H3. The first-order chi connectivity index (χ1) is 8.51. The quantitative estimate of drug-likeness (QED) is 0.697. The molecule has 1 aromatic carbocycles. The second kappa shape index (κ2) is 6.66. The molecular weight excluding hydrogens is 255 g/mol. The fourth-order valence-electron chi connectivity index (χ4n) is 1.72. The molecule has 0 saturated heterocycles. The Morgan fingerprint density at radius 3 is 2.44 bits per heavy atom. The summed E-state index contributed by atoms with van der Waals surface area (Å²) in [5.41, 5.74) is 11.9. The first kappa shape index (κ1) is 14.9. The van der Waals surface area contributed by atoms with Gasteiger partial charge in [0.15, 0.2) is 5.82 Å². The van der Waals surface area contributed by atoms with E-state index in [4.69, 9.17) is 23.1 Å².